The molecule has 1 aliphatic heterocycles. The van der Waals surface area contributed by atoms with Crippen molar-refractivity contribution >= 4 is 33.1 Å². The molecule has 0 unspecified atom stereocenters. The molecule has 1 N–H and O–H groups in total. The molecule has 2 aromatic rings. The molecule has 2 aromatic heterocycles. The first-order chi connectivity index (χ1) is 12.5. The highest BCUT2D eigenvalue weighted by Crippen LogP contribution is 2.43. The van der Waals surface area contributed by atoms with Crippen LogP contribution in [0.2, 0.25) is 0 Å². The van der Waals surface area contributed by atoms with Crippen LogP contribution in [0.5, 0.6) is 5.75 Å². The highest BCUT2D eigenvalue weighted by atomic mass is 32.2. The molecule has 0 aromatic carbocycles. The summed E-state index contributed by atoms with van der Waals surface area (Å²) in [7, 11) is -4.57. The molecule has 0 bridgehead atoms. The van der Waals surface area contributed by atoms with E-state index in [0.29, 0.717) is 0 Å². The second-order valence-corrected chi connectivity index (χ2v) is 7.44. The largest absolute Gasteiger partial charge is 0.505 e. The number of pyridine rings is 2. The van der Waals surface area contributed by atoms with Gasteiger partial charge in [0.2, 0.25) is 5.03 Å². The summed E-state index contributed by atoms with van der Waals surface area (Å²) < 4.78 is 62.4. The Morgan fingerprint density at radius 2 is 1.93 bits per heavy atom. The molecule has 0 fully saturated rings. The number of rotatable bonds is 2. The maximum atomic E-state index is 12.9. The van der Waals surface area contributed by atoms with Crippen molar-refractivity contribution in [1.82, 2.24) is 9.97 Å². The molecule has 1 aliphatic rings. The molecule has 0 spiro atoms. The minimum absolute atomic E-state index is 0.0570. The SMILES string of the molecule is CCN1c2ncccc2C(=O)N(C)c2cc(O)c(S(=O)(=O)C(F)(F)F)nc21. The van der Waals surface area contributed by atoms with Crippen molar-refractivity contribution in [3.8, 4) is 5.75 Å². The lowest BCUT2D eigenvalue weighted by Gasteiger charge is -2.24. The van der Waals surface area contributed by atoms with Crippen molar-refractivity contribution in [2.75, 3.05) is 23.4 Å². The highest BCUT2D eigenvalue weighted by Gasteiger charge is 2.50. The normalized spacial score (nSPS) is 14.6. The lowest BCUT2D eigenvalue weighted by molar-refractivity contribution is -0.0439. The van der Waals surface area contributed by atoms with Crippen LogP contribution in [0.15, 0.2) is 29.4 Å². The van der Waals surface area contributed by atoms with Crippen LogP contribution in [-0.2, 0) is 9.84 Å². The number of sulfone groups is 1. The number of aromatic nitrogens is 2. The summed E-state index contributed by atoms with van der Waals surface area (Å²) in [5, 5.41) is 8.39. The molecule has 8 nitrogen and oxygen atoms in total. The molecule has 0 aliphatic carbocycles. The lowest BCUT2D eigenvalue weighted by atomic mass is 10.2. The number of carbonyl (C=O) groups excluding carboxylic acids is 1. The van der Waals surface area contributed by atoms with E-state index in [0.717, 1.165) is 11.0 Å². The molecule has 0 atom stereocenters. The van der Waals surface area contributed by atoms with Crippen molar-refractivity contribution in [1.29, 1.82) is 0 Å². The number of anilines is 3. The average molecular weight is 402 g/mol. The Bertz CT molecular complexity index is 1040. The monoisotopic (exact) mass is 402 g/mol. The molecule has 1 amide bonds. The van der Waals surface area contributed by atoms with E-state index in [1.54, 1.807) is 6.92 Å². The summed E-state index contributed by atoms with van der Waals surface area (Å²) in [5.41, 5.74) is -5.55. The van der Waals surface area contributed by atoms with Gasteiger partial charge in [-0.2, -0.15) is 13.2 Å². The maximum absolute atomic E-state index is 12.9. The molecule has 0 radical (unpaired) electrons. The van der Waals surface area contributed by atoms with Gasteiger partial charge in [0.1, 0.15) is 5.82 Å². The second kappa shape index (κ2) is 6.08. The fraction of sp³-hybridized carbons (Fsp3) is 0.267. The predicted molar refractivity (Wildman–Crippen MR) is 88.8 cm³/mol. The molecule has 12 heteroatoms. The standard InChI is InChI=1S/C15H13F3N4O4S/c1-3-22-11-8(5-4-6-19-11)14(24)21(2)9-7-10(23)13(20-12(9)22)27(25,26)15(16,17)18/h4-7,23H,3H2,1-2H3. The molecule has 3 heterocycles. The number of amides is 1. The highest BCUT2D eigenvalue weighted by molar-refractivity contribution is 7.92. The van der Waals surface area contributed by atoms with Crippen molar-refractivity contribution in [3.05, 3.63) is 30.0 Å². The van der Waals surface area contributed by atoms with Gasteiger partial charge in [0, 0.05) is 25.9 Å². The van der Waals surface area contributed by atoms with Crippen LogP contribution >= 0.6 is 0 Å². The van der Waals surface area contributed by atoms with Gasteiger partial charge in [-0.15, -0.1) is 0 Å². The lowest BCUT2D eigenvalue weighted by Crippen LogP contribution is -2.27. The fourth-order valence-corrected chi connectivity index (χ4v) is 3.45. The number of halogens is 3. The molecule has 0 saturated carbocycles. The number of carbonyl (C=O) groups is 1. The Labute approximate surface area is 151 Å². The molecule has 144 valence electrons. The molecule has 0 saturated heterocycles. The van der Waals surface area contributed by atoms with Crippen LogP contribution in [0.1, 0.15) is 17.3 Å². The zero-order chi connectivity index (χ0) is 20.1. The van der Waals surface area contributed by atoms with Gasteiger partial charge >= 0.3 is 5.51 Å². The van der Waals surface area contributed by atoms with Gasteiger partial charge in [0.05, 0.1) is 11.3 Å². The summed E-state index contributed by atoms with van der Waals surface area (Å²) in [5.74, 6) is -1.88. The topological polar surface area (TPSA) is 104 Å². The predicted octanol–water partition coefficient (Wildman–Crippen LogP) is 2.22. The van der Waals surface area contributed by atoms with Crippen LogP contribution in [0.4, 0.5) is 30.5 Å². The first kappa shape index (κ1) is 18.9. The minimum Gasteiger partial charge on any atom is -0.505 e. The van der Waals surface area contributed by atoms with E-state index in [2.05, 4.69) is 9.97 Å². The zero-order valence-electron chi connectivity index (χ0n) is 14.0. The second-order valence-electron chi connectivity index (χ2n) is 5.59. The Morgan fingerprint density at radius 3 is 2.52 bits per heavy atom. The van der Waals surface area contributed by atoms with Gasteiger partial charge in [-0.05, 0) is 19.1 Å². The van der Waals surface area contributed by atoms with E-state index >= 15 is 0 Å². The smallest absolute Gasteiger partial charge is 0.503 e. The molecule has 3 rings (SSSR count). The Morgan fingerprint density at radius 1 is 1.26 bits per heavy atom. The van der Waals surface area contributed by atoms with Crippen LogP contribution in [0, 0.1) is 0 Å². The number of hydrogen-bond donors (Lipinski definition) is 1. The summed E-state index contributed by atoms with van der Waals surface area (Å²) in [4.78, 5) is 22.7. The van der Waals surface area contributed by atoms with E-state index in [4.69, 9.17) is 0 Å². The van der Waals surface area contributed by atoms with Crippen LogP contribution in [0.25, 0.3) is 0 Å². The van der Waals surface area contributed by atoms with Gasteiger partial charge < -0.3 is 14.9 Å². The average Bonchev–Trinajstić information content (AvgIpc) is 2.68. The zero-order valence-corrected chi connectivity index (χ0v) is 14.8. The number of nitrogens with zero attached hydrogens (tertiary/aromatic N) is 4. The third-order valence-corrected chi connectivity index (χ3v) is 5.42. The van der Waals surface area contributed by atoms with Gasteiger partial charge in [0.25, 0.3) is 15.7 Å². The van der Waals surface area contributed by atoms with Crippen molar-refractivity contribution < 1.29 is 31.5 Å². The molecular formula is C15H13F3N4O4S. The van der Waals surface area contributed by atoms with Crippen molar-refractivity contribution in [3.63, 3.8) is 0 Å². The Balaban J connectivity index is 2.36. The van der Waals surface area contributed by atoms with E-state index in [1.807, 2.05) is 0 Å². The molecule has 27 heavy (non-hydrogen) atoms. The Hall–Kier alpha value is -2.89. The number of aromatic hydroxyl groups is 1. The van der Waals surface area contributed by atoms with E-state index in [-0.39, 0.29) is 29.4 Å². The maximum Gasteiger partial charge on any atom is 0.503 e. The van der Waals surface area contributed by atoms with Crippen molar-refractivity contribution in [2.45, 2.75) is 17.5 Å². The van der Waals surface area contributed by atoms with Gasteiger partial charge in [-0.1, -0.05) is 0 Å². The quantitative estimate of drug-likeness (QED) is 0.821. The summed E-state index contributed by atoms with van der Waals surface area (Å²) >= 11 is 0. The third kappa shape index (κ3) is 2.76. The van der Waals surface area contributed by atoms with E-state index in [1.165, 1.54) is 30.3 Å². The first-order valence-corrected chi connectivity index (χ1v) is 9.05. The van der Waals surface area contributed by atoms with Gasteiger partial charge in [-0.25, -0.2) is 18.4 Å². The van der Waals surface area contributed by atoms with Gasteiger partial charge in [0.15, 0.2) is 11.6 Å². The van der Waals surface area contributed by atoms with Crippen molar-refractivity contribution in [2.24, 2.45) is 0 Å². The Kier molecular flexibility index (Phi) is 4.25. The fourth-order valence-electron chi connectivity index (χ4n) is 2.69. The summed E-state index contributed by atoms with van der Waals surface area (Å²) in [6, 6.07) is 3.76. The van der Waals surface area contributed by atoms with Crippen LogP contribution < -0.4 is 9.80 Å². The van der Waals surface area contributed by atoms with E-state index < -0.39 is 32.0 Å². The molecular weight excluding hydrogens is 389 g/mol. The summed E-state index contributed by atoms with van der Waals surface area (Å²) in [6.45, 7) is 1.76. The third-order valence-electron chi connectivity index (χ3n) is 4.00. The van der Waals surface area contributed by atoms with Crippen LogP contribution in [-0.4, -0.2) is 48.5 Å². The number of fused-ring (bicyclic) bond motifs is 2. The number of hydrogen-bond acceptors (Lipinski definition) is 7. The van der Waals surface area contributed by atoms with Crippen LogP contribution in [0.3, 0.4) is 0 Å². The first-order valence-electron chi connectivity index (χ1n) is 7.56. The van der Waals surface area contributed by atoms with Gasteiger partial charge in [-0.3, -0.25) is 4.79 Å². The van der Waals surface area contributed by atoms with E-state index in [9.17, 15) is 31.5 Å². The minimum atomic E-state index is -5.90. The summed E-state index contributed by atoms with van der Waals surface area (Å²) in [6.07, 6.45) is 1.38. The number of alkyl halides is 3.